The van der Waals surface area contributed by atoms with Crippen LogP contribution in [0, 0.1) is 5.92 Å². The lowest BCUT2D eigenvalue weighted by molar-refractivity contribution is -0.119. The summed E-state index contributed by atoms with van der Waals surface area (Å²) < 4.78 is 1.75. The number of hydrogen-bond donors (Lipinski definition) is 2. The molecule has 1 heterocycles. The van der Waals surface area contributed by atoms with Crippen molar-refractivity contribution >= 4 is 11.6 Å². The van der Waals surface area contributed by atoms with Gasteiger partial charge in [-0.2, -0.15) is 5.10 Å². The Labute approximate surface area is 112 Å². The molecule has 1 aromatic carbocycles. The summed E-state index contributed by atoms with van der Waals surface area (Å²) in [5.74, 6) is -0.0959. The van der Waals surface area contributed by atoms with Crippen LogP contribution < -0.4 is 11.1 Å². The Morgan fingerprint density at radius 1 is 1.47 bits per heavy atom. The molecule has 2 rings (SSSR count). The van der Waals surface area contributed by atoms with Crippen molar-refractivity contribution in [2.45, 2.75) is 13.3 Å². The van der Waals surface area contributed by atoms with Gasteiger partial charge in [-0.1, -0.05) is 13.0 Å². The van der Waals surface area contributed by atoms with E-state index in [0.29, 0.717) is 13.0 Å². The molecule has 0 aliphatic rings. The topological polar surface area (TPSA) is 72.9 Å². The van der Waals surface area contributed by atoms with Crippen LogP contribution in [0.4, 0.5) is 5.69 Å². The molecule has 3 N–H and O–H groups in total. The zero-order chi connectivity index (χ0) is 13.7. The molecule has 0 saturated carbocycles. The minimum atomic E-state index is -0.0849. The molecule has 100 valence electrons. The van der Waals surface area contributed by atoms with Crippen LogP contribution in [0.1, 0.15) is 13.3 Å². The second-order valence-corrected chi connectivity index (χ2v) is 4.47. The molecule has 5 heteroatoms. The maximum atomic E-state index is 11.9. The fourth-order valence-corrected chi connectivity index (χ4v) is 1.79. The number of amides is 1. The van der Waals surface area contributed by atoms with E-state index >= 15 is 0 Å². The van der Waals surface area contributed by atoms with Gasteiger partial charge < -0.3 is 11.1 Å². The van der Waals surface area contributed by atoms with Crippen molar-refractivity contribution in [1.29, 1.82) is 0 Å². The van der Waals surface area contributed by atoms with Crippen LogP contribution in [0.3, 0.4) is 0 Å². The van der Waals surface area contributed by atoms with Gasteiger partial charge in [0.15, 0.2) is 0 Å². The number of anilines is 1. The van der Waals surface area contributed by atoms with Gasteiger partial charge in [0.2, 0.25) is 5.91 Å². The van der Waals surface area contributed by atoms with E-state index in [-0.39, 0.29) is 11.8 Å². The van der Waals surface area contributed by atoms with E-state index in [4.69, 9.17) is 5.73 Å². The Bertz CT molecular complexity index is 536. The number of nitrogens with two attached hydrogens (primary N) is 1. The lowest BCUT2D eigenvalue weighted by atomic mass is 10.1. The zero-order valence-electron chi connectivity index (χ0n) is 10.9. The molecule has 1 atom stereocenters. The number of benzene rings is 1. The van der Waals surface area contributed by atoms with Gasteiger partial charge in [0.05, 0.1) is 5.69 Å². The van der Waals surface area contributed by atoms with Crippen molar-refractivity contribution in [2.75, 3.05) is 11.9 Å². The molecule has 0 spiro atoms. The lowest BCUT2D eigenvalue weighted by Gasteiger charge is -2.12. The molecule has 1 amide bonds. The van der Waals surface area contributed by atoms with Gasteiger partial charge in [0.25, 0.3) is 0 Å². The highest BCUT2D eigenvalue weighted by Gasteiger charge is 2.12. The van der Waals surface area contributed by atoms with E-state index in [2.05, 4.69) is 10.4 Å². The predicted octanol–water partition coefficient (Wildman–Crippen LogP) is 1.80. The smallest absolute Gasteiger partial charge is 0.227 e. The second-order valence-electron chi connectivity index (χ2n) is 4.47. The average Bonchev–Trinajstić information content (AvgIpc) is 2.93. The first-order valence-electron chi connectivity index (χ1n) is 6.31. The minimum absolute atomic E-state index is 0.0111. The summed E-state index contributed by atoms with van der Waals surface area (Å²) >= 11 is 0. The molecule has 19 heavy (non-hydrogen) atoms. The van der Waals surface area contributed by atoms with E-state index in [1.807, 2.05) is 43.5 Å². The largest absolute Gasteiger partial charge is 0.330 e. The highest BCUT2D eigenvalue weighted by atomic mass is 16.1. The molecule has 0 fully saturated rings. The number of nitrogens with one attached hydrogen (secondary N) is 1. The maximum absolute atomic E-state index is 11.9. The Balaban J connectivity index is 2.09. The summed E-state index contributed by atoms with van der Waals surface area (Å²) in [5, 5.41) is 7.05. The van der Waals surface area contributed by atoms with Crippen LogP contribution in [0.25, 0.3) is 5.69 Å². The van der Waals surface area contributed by atoms with Gasteiger partial charge in [-0.25, -0.2) is 4.68 Å². The number of nitrogens with zero attached hydrogens (tertiary/aromatic N) is 2. The number of rotatable bonds is 5. The monoisotopic (exact) mass is 258 g/mol. The van der Waals surface area contributed by atoms with Gasteiger partial charge in [-0.05, 0) is 37.2 Å². The molecular weight excluding hydrogens is 240 g/mol. The van der Waals surface area contributed by atoms with E-state index < -0.39 is 0 Å². The number of carbonyl (C=O) groups is 1. The predicted molar refractivity (Wildman–Crippen MR) is 75.0 cm³/mol. The second kappa shape index (κ2) is 6.15. The third-order valence-electron chi connectivity index (χ3n) is 2.93. The summed E-state index contributed by atoms with van der Waals surface area (Å²) in [6.45, 7) is 2.39. The van der Waals surface area contributed by atoms with E-state index in [9.17, 15) is 4.79 Å². The van der Waals surface area contributed by atoms with Gasteiger partial charge in [0, 0.05) is 24.0 Å². The van der Waals surface area contributed by atoms with Crippen molar-refractivity contribution in [3.8, 4) is 5.69 Å². The standard InChI is InChI=1S/C14H18N4O/c1-11(6-7-15)14(19)17-12-4-2-5-13(10-12)18-9-3-8-16-18/h2-5,8-11H,6-7,15H2,1H3,(H,17,19). The average molecular weight is 258 g/mol. The normalized spacial score (nSPS) is 12.1. The van der Waals surface area contributed by atoms with Crippen molar-refractivity contribution in [2.24, 2.45) is 11.7 Å². The van der Waals surface area contributed by atoms with Crippen LogP contribution in [0.15, 0.2) is 42.7 Å². The molecule has 0 radical (unpaired) electrons. The molecule has 2 aromatic rings. The zero-order valence-corrected chi connectivity index (χ0v) is 10.9. The summed E-state index contributed by atoms with van der Waals surface area (Å²) in [6.07, 6.45) is 4.26. The Morgan fingerprint density at radius 2 is 2.32 bits per heavy atom. The SMILES string of the molecule is CC(CCN)C(=O)Nc1cccc(-n2cccn2)c1. The highest BCUT2D eigenvalue weighted by molar-refractivity contribution is 5.92. The van der Waals surface area contributed by atoms with Gasteiger partial charge in [0.1, 0.15) is 0 Å². The number of carbonyl (C=O) groups excluding carboxylic acids is 1. The Hall–Kier alpha value is -2.14. The molecule has 0 aliphatic carbocycles. The molecule has 5 nitrogen and oxygen atoms in total. The van der Waals surface area contributed by atoms with Gasteiger partial charge in [-0.3, -0.25) is 4.79 Å². The number of aromatic nitrogens is 2. The highest BCUT2D eigenvalue weighted by Crippen LogP contribution is 2.15. The Kier molecular flexibility index (Phi) is 4.30. The van der Waals surface area contributed by atoms with Crippen LogP contribution in [-0.4, -0.2) is 22.2 Å². The third-order valence-corrected chi connectivity index (χ3v) is 2.93. The van der Waals surface area contributed by atoms with Crippen molar-refractivity contribution < 1.29 is 4.79 Å². The van der Waals surface area contributed by atoms with Gasteiger partial charge in [-0.15, -0.1) is 0 Å². The lowest BCUT2D eigenvalue weighted by Crippen LogP contribution is -2.22. The summed E-state index contributed by atoms with van der Waals surface area (Å²) in [6, 6.07) is 9.43. The third kappa shape index (κ3) is 3.42. The van der Waals surface area contributed by atoms with Crippen LogP contribution in [-0.2, 0) is 4.79 Å². The summed E-state index contributed by atoms with van der Waals surface area (Å²) in [7, 11) is 0. The van der Waals surface area contributed by atoms with E-state index in [0.717, 1.165) is 11.4 Å². The molecule has 0 saturated heterocycles. The van der Waals surface area contributed by atoms with Crippen molar-refractivity contribution in [3.05, 3.63) is 42.7 Å². The van der Waals surface area contributed by atoms with Crippen molar-refractivity contribution in [1.82, 2.24) is 9.78 Å². The summed E-state index contributed by atoms with van der Waals surface area (Å²) in [4.78, 5) is 11.9. The first kappa shape index (κ1) is 13.3. The van der Waals surface area contributed by atoms with E-state index in [1.165, 1.54) is 0 Å². The minimum Gasteiger partial charge on any atom is -0.330 e. The maximum Gasteiger partial charge on any atom is 0.227 e. The van der Waals surface area contributed by atoms with Crippen LogP contribution in [0.5, 0.6) is 0 Å². The first-order chi connectivity index (χ1) is 9.20. The van der Waals surface area contributed by atoms with Crippen LogP contribution in [0.2, 0.25) is 0 Å². The molecule has 1 unspecified atom stereocenters. The van der Waals surface area contributed by atoms with Gasteiger partial charge >= 0.3 is 0 Å². The van der Waals surface area contributed by atoms with Crippen molar-refractivity contribution in [3.63, 3.8) is 0 Å². The molecule has 1 aromatic heterocycles. The molecule has 0 aliphatic heterocycles. The first-order valence-corrected chi connectivity index (χ1v) is 6.31. The fourth-order valence-electron chi connectivity index (χ4n) is 1.79. The van der Waals surface area contributed by atoms with Crippen LogP contribution >= 0.6 is 0 Å². The molecule has 0 bridgehead atoms. The number of hydrogen-bond acceptors (Lipinski definition) is 3. The fraction of sp³-hybridized carbons (Fsp3) is 0.286. The summed E-state index contributed by atoms with van der Waals surface area (Å²) in [5.41, 5.74) is 7.13. The quantitative estimate of drug-likeness (QED) is 0.858. The Morgan fingerprint density at radius 3 is 3.00 bits per heavy atom. The van der Waals surface area contributed by atoms with E-state index in [1.54, 1.807) is 10.9 Å². The molecular formula is C14H18N4O.